The highest BCUT2D eigenvalue weighted by Gasteiger charge is 2.40. The van der Waals surface area contributed by atoms with E-state index in [4.69, 9.17) is 0 Å². The molecule has 1 N–H and O–H groups in total. The molecule has 1 unspecified atom stereocenters. The first kappa shape index (κ1) is 11.6. The van der Waals surface area contributed by atoms with Gasteiger partial charge in [-0.15, -0.1) is 0 Å². The molecule has 1 saturated heterocycles. The Labute approximate surface area is 97.1 Å². The molecule has 0 amide bonds. The number of hydrogen-bond acceptors (Lipinski definition) is 3. The van der Waals surface area contributed by atoms with E-state index in [1.54, 1.807) is 6.20 Å². The normalized spacial score (nSPS) is 24.8. The third-order valence-corrected chi connectivity index (χ3v) is 3.88. The molecule has 1 aromatic rings. The summed E-state index contributed by atoms with van der Waals surface area (Å²) in [5, 5.41) is 9.35. The molecular weight excluding hydrogens is 200 g/mol. The van der Waals surface area contributed by atoms with Gasteiger partial charge in [-0.3, -0.25) is 9.88 Å². The van der Waals surface area contributed by atoms with Crippen molar-refractivity contribution in [3.05, 3.63) is 30.1 Å². The van der Waals surface area contributed by atoms with Crippen LogP contribution in [-0.4, -0.2) is 33.7 Å². The fraction of sp³-hybridized carbons (Fsp3) is 0.615. The Morgan fingerprint density at radius 1 is 1.56 bits per heavy atom. The van der Waals surface area contributed by atoms with Gasteiger partial charge in [0, 0.05) is 37.0 Å². The van der Waals surface area contributed by atoms with E-state index in [0.29, 0.717) is 5.92 Å². The van der Waals surface area contributed by atoms with Crippen molar-refractivity contribution in [1.82, 2.24) is 9.88 Å². The van der Waals surface area contributed by atoms with Gasteiger partial charge < -0.3 is 5.11 Å². The first-order chi connectivity index (χ1) is 7.64. The van der Waals surface area contributed by atoms with Crippen LogP contribution in [0.3, 0.4) is 0 Å². The number of aliphatic hydroxyl groups excluding tert-OH is 1. The van der Waals surface area contributed by atoms with Crippen LogP contribution >= 0.6 is 0 Å². The third kappa shape index (κ3) is 2.11. The highest BCUT2D eigenvalue weighted by Crippen LogP contribution is 2.35. The second kappa shape index (κ2) is 4.52. The fourth-order valence-corrected chi connectivity index (χ4v) is 2.52. The molecule has 2 rings (SSSR count). The van der Waals surface area contributed by atoms with E-state index in [1.807, 2.05) is 12.3 Å². The number of hydrogen-bond donors (Lipinski definition) is 1. The molecule has 1 atom stereocenters. The average Bonchev–Trinajstić information content (AvgIpc) is 2.56. The van der Waals surface area contributed by atoms with Crippen LogP contribution in [0.5, 0.6) is 0 Å². The topological polar surface area (TPSA) is 36.4 Å². The highest BCUT2D eigenvalue weighted by atomic mass is 16.3. The molecule has 1 aromatic heterocycles. The summed E-state index contributed by atoms with van der Waals surface area (Å²) in [6.07, 6.45) is 4.81. The molecule has 0 saturated carbocycles. The van der Waals surface area contributed by atoms with Crippen molar-refractivity contribution < 1.29 is 5.11 Å². The van der Waals surface area contributed by atoms with Crippen molar-refractivity contribution in [3.63, 3.8) is 0 Å². The summed E-state index contributed by atoms with van der Waals surface area (Å²) < 4.78 is 0. The van der Waals surface area contributed by atoms with Gasteiger partial charge in [0.05, 0.1) is 0 Å². The number of pyridine rings is 1. The number of rotatable bonds is 3. The maximum Gasteiger partial charge on any atom is 0.0477 e. The monoisotopic (exact) mass is 220 g/mol. The van der Waals surface area contributed by atoms with Gasteiger partial charge in [-0.2, -0.15) is 0 Å². The van der Waals surface area contributed by atoms with Crippen LogP contribution in [0, 0.1) is 5.92 Å². The summed E-state index contributed by atoms with van der Waals surface area (Å²) in [7, 11) is 0. The number of nitrogens with zero attached hydrogens (tertiary/aromatic N) is 2. The summed E-state index contributed by atoms with van der Waals surface area (Å²) in [5.74, 6) is 0.393. The predicted octanol–water partition coefficient (Wildman–Crippen LogP) is 1.67. The molecule has 0 bridgehead atoms. The first-order valence-electron chi connectivity index (χ1n) is 5.89. The minimum atomic E-state index is 0.0879. The minimum Gasteiger partial charge on any atom is -0.396 e. The molecule has 3 nitrogen and oxygen atoms in total. The van der Waals surface area contributed by atoms with Crippen LogP contribution in [0.4, 0.5) is 0 Å². The van der Waals surface area contributed by atoms with Gasteiger partial charge in [-0.25, -0.2) is 0 Å². The molecule has 88 valence electrons. The van der Waals surface area contributed by atoms with E-state index in [0.717, 1.165) is 19.5 Å². The lowest BCUT2D eigenvalue weighted by molar-refractivity contribution is 0.0946. The summed E-state index contributed by atoms with van der Waals surface area (Å²) in [5.41, 5.74) is 1.33. The SMILES string of the molecule is CC1(C)C(CO)CCN1Cc1cccnc1. The fourth-order valence-electron chi connectivity index (χ4n) is 2.52. The highest BCUT2D eigenvalue weighted by molar-refractivity contribution is 5.10. The molecule has 0 aromatic carbocycles. The van der Waals surface area contributed by atoms with Crippen LogP contribution in [0.15, 0.2) is 24.5 Å². The lowest BCUT2D eigenvalue weighted by Gasteiger charge is -2.35. The molecule has 0 spiro atoms. The zero-order chi connectivity index (χ0) is 11.6. The zero-order valence-corrected chi connectivity index (χ0v) is 10.1. The second-order valence-corrected chi connectivity index (χ2v) is 5.10. The first-order valence-corrected chi connectivity index (χ1v) is 5.89. The minimum absolute atomic E-state index is 0.0879. The van der Waals surface area contributed by atoms with E-state index in [9.17, 15) is 5.11 Å². The standard InChI is InChI=1S/C13H20N2O/c1-13(2)12(10-16)5-7-15(13)9-11-4-3-6-14-8-11/h3-4,6,8,12,16H,5,7,9-10H2,1-2H3. The van der Waals surface area contributed by atoms with Crippen LogP contribution in [0.2, 0.25) is 0 Å². The third-order valence-electron chi connectivity index (χ3n) is 3.88. The number of aliphatic hydroxyl groups is 1. The van der Waals surface area contributed by atoms with Gasteiger partial charge in [-0.05, 0) is 38.4 Å². The number of aromatic nitrogens is 1. The molecule has 2 heterocycles. The van der Waals surface area contributed by atoms with Gasteiger partial charge in [0.15, 0.2) is 0 Å². The van der Waals surface area contributed by atoms with Crippen molar-refractivity contribution in [2.45, 2.75) is 32.4 Å². The molecular formula is C13H20N2O. The van der Waals surface area contributed by atoms with E-state index in [-0.39, 0.29) is 12.1 Å². The van der Waals surface area contributed by atoms with E-state index < -0.39 is 0 Å². The lowest BCUT2D eigenvalue weighted by atomic mass is 9.89. The quantitative estimate of drug-likeness (QED) is 0.842. The van der Waals surface area contributed by atoms with Gasteiger partial charge in [0.25, 0.3) is 0 Å². The largest absolute Gasteiger partial charge is 0.396 e. The molecule has 1 aliphatic rings. The molecule has 0 radical (unpaired) electrons. The van der Waals surface area contributed by atoms with Crippen molar-refractivity contribution in [2.24, 2.45) is 5.92 Å². The van der Waals surface area contributed by atoms with Crippen molar-refractivity contribution >= 4 is 0 Å². The molecule has 1 fully saturated rings. The number of likely N-dealkylation sites (tertiary alicyclic amines) is 1. The Balaban J connectivity index is 2.07. The Morgan fingerprint density at radius 2 is 2.38 bits per heavy atom. The van der Waals surface area contributed by atoms with Gasteiger partial charge in [0.2, 0.25) is 0 Å². The summed E-state index contributed by atoms with van der Waals surface area (Å²) >= 11 is 0. The maximum absolute atomic E-state index is 9.35. The summed E-state index contributed by atoms with van der Waals surface area (Å²) in [4.78, 5) is 6.57. The Kier molecular flexibility index (Phi) is 3.26. The second-order valence-electron chi connectivity index (χ2n) is 5.10. The lowest BCUT2D eigenvalue weighted by Crippen LogP contribution is -2.43. The zero-order valence-electron chi connectivity index (χ0n) is 10.1. The average molecular weight is 220 g/mol. The van der Waals surface area contributed by atoms with Crippen LogP contribution in [0.1, 0.15) is 25.8 Å². The van der Waals surface area contributed by atoms with E-state index in [2.05, 4.69) is 29.8 Å². The van der Waals surface area contributed by atoms with Gasteiger partial charge in [-0.1, -0.05) is 6.07 Å². The van der Waals surface area contributed by atoms with Gasteiger partial charge in [0.1, 0.15) is 0 Å². The maximum atomic E-state index is 9.35. The molecule has 1 aliphatic heterocycles. The Hall–Kier alpha value is -0.930. The van der Waals surface area contributed by atoms with E-state index in [1.165, 1.54) is 5.56 Å². The van der Waals surface area contributed by atoms with Gasteiger partial charge >= 0.3 is 0 Å². The van der Waals surface area contributed by atoms with Crippen LogP contribution in [-0.2, 0) is 6.54 Å². The van der Waals surface area contributed by atoms with E-state index >= 15 is 0 Å². The predicted molar refractivity (Wildman–Crippen MR) is 63.9 cm³/mol. The van der Waals surface area contributed by atoms with Crippen molar-refractivity contribution in [2.75, 3.05) is 13.2 Å². The Bertz CT molecular complexity index is 337. The van der Waals surface area contributed by atoms with Crippen LogP contribution in [0.25, 0.3) is 0 Å². The van der Waals surface area contributed by atoms with Crippen molar-refractivity contribution in [1.29, 1.82) is 0 Å². The molecule has 3 heteroatoms. The molecule has 16 heavy (non-hydrogen) atoms. The smallest absolute Gasteiger partial charge is 0.0477 e. The molecule has 0 aliphatic carbocycles. The Morgan fingerprint density at radius 3 is 2.94 bits per heavy atom. The van der Waals surface area contributed by atoms with Crippen LogP contribution < -0.4 is 0 Å². The summed E-state index contributed by atoms with van der Waals surface area (Å²) in [6.45, 7) is 6.72. The summed E-state index contributed by atoms with van der Waals surface area (Å²) in [6, 6.07) is 4.08. The van der Waals surface area contributed by atoms with Crippen molar-refractivity contribution in [3.8, 4) is 0 Å².